The largest absolute Gasteiger partial charge is 0.394 e. The number of benzene rings is 1. The number of pyridine rings is 1. The smallest absolute Gasteiger partial charge is 0.273 e. The van der Waals surface area contributed by atoms with Crippen LogP contribution in [0.4, 0.5) is 4.39 Å². The molecule has 38 heavy (non-hydrogen) atoms. The van der Waals surface area contributed by atoms with Crippen LogP contribution in [-0.4, -0.2) is 91.6 Å². The number of carbonyl (C=O) groups excluding carboxylic acids is 1. The Morgan fingerprint density at radius 1 is 1.37 bits per heavy atom. The number of aromatic nitrogens is 4. The summed E-state index contributed by atoms with van der Waals surface area (Å²) >= 11 is 10.4. The Hall–Kier alpha value is -2.13. The van der Waals surface area contributed by atoms with E-state index in [1.807, 2.05) is 0 Å². The fourth-order valence-corrected chi connectivity index (χ4v) is 6.29. The van der Waals surface area contributed by atoms with Gasteiger partial charge in [-0.2, -0.15) is 0 Å². The van der Waals surface area contributed by atoms with Gasteiger partial charge >= 0.3 is 0 Å². The number of halogens is 3. The third kappa shape index (κ3) is 5.33. The van der Waals surface area contributed by atoms with Crippen LogP contribution >= 0.6 is 39.3 Å². The molecule has 1 aromatic carbocycles. The molecule has 3 aromatic rings. The minimum absolute atomic E-state index is 0.0138. The first-order valence-electron chi connectivity index (χ1n) is 11.8. The van der Waals surface area contributed by atoms with Gasteiger partial charge in [-0.1, -0.05) is 34.6 Å². The molecule has 202 valence electrons. The zero-order chi connectivity index (χ0) is 27.0. The number of thioether (sulfide) groups is 1. The van der Waals surface area contributed by atoms with Gasteiger partial charge in [-0.05, 0) is 40.5 Å². The Morgan fingerprint density at radius 2 is 2.16 bits per heavy atom. The number of amides is 1. The van der Waals surface area contributed by atoms with Crippen LogP contribution in [-0.2, 0) is 9.47 Å². The lowest BCUT2D eigenvalue weighted by Gasteiger charge is -2.43. The predicted octanol–water partition coefficient (Wildman–Crippen LogP) is 3.17. The molecular weight excluding hydrogens is 605 g/mol. The van der Waals surface area contributed by atoms with Crippen molar-refractivity contribution in [3.05, 3.63) is 57.7 Å². The first-order chi connectivity index (χ1) is 18.3. The molecule has 2 saturated heterocycles. The summed E-state index contributed by atoms with van der Waals surface area (Å²) in [5, 5.41) is 29.4. The standard InChI is InChI=1S/C24H24BrClFN5O5S/c1-36-22-20(32-10-16(29-30-32)12-3-4-14(26)15(27)7-12)21(34)17(11-33)37-24(22)38-18-8-13(25)9-28-19(18)23(35)31-5-2-6-31/h3-4,7-10,17,20-22,24,33-34H,2,5-6,11H2,1H3/t17?,20-,21-,22?,24+/m0/s1. The van der Waals surface area contributed by atoms with Crippen molar-refractivity contribution >= 4 is 45.2 Å². The Kier molecular flexibility index (Phi) is 8.33. The molecule has 2 aliphatic rings. The second-order valence-corrected chi connectivity index (χ2v) is 11.3. The Morgan fingerprint density at radius 3 is 2.82 bits per heavy atom. The van der Waals surface area contributed by atoms with Crippen LogP contribution < -0.4 is 0 Å². The third-order valence-corrected chi connectivity index (χ3v) is 8.45. The van der Waals surface area contributed by atoms with Gasteiger partial charge in [0.15, 0.2) is 0 Å². The van der Waals surface area contributed by atoms with Gasteiger partial charge in [-0.25, -0.2) is 14.1 Å². The van der Waals surface area contributed by atoms with E-state index in [1.54, 1.807) is 29.4 Å². The number of ether oxygens (including phenoxy) is 2. The molecule has 4 heterocycles. The number of aliphatic hydroxyl groups excluding tert-OH is 2. The molecule has 0 saturated carbocycles. The van der Waals surface area contributed by atoms with Crippen molar-refractivity contribution in [2.75, 3.05) is 26.8 Å². The van der Waals surface area contributed by atoms with Crippen LogP contribution in [0.5, 0.6) is 0 Å². The molecule has 2 aromatic heterocycles. The van der Waals surface area contributed by atoms with E-state index >= 15 is 0 Å². The maximum atomic E-state index is 14.0. The van der Waals surface area contributed by atoms with E-state index < -0.39 is 42.2 Å². The van der Waals surface area contributed by atoms with Crippen molar-refractivity contribution in [2.45, 2.75) is 41.1 Å². The molecule has 2 aliphatic heterocycles. The van der Waals surface area contributed by atoms with E-state index in [2.05, 4.69) is 31.2 Å². The Labute approximate surface area is 235 Å². The van der Waals surface area contributed by atoms with Crippen LogP contribution in [0.15, 0.2) is 46.0 Å². The van der Waals surface area contributed by atoms with Gasteiger partial charge in [0.05, 0.1) is 17.8 Å². The van der Waals surface area contributed by atoms with E-state index in [0.29, 0.717) is 33.7 Å². The second-order valence-electron chi connectivity index (χ2n) is 8.88. The summed E-state index contributed by atoms with van der Waals surface area (Å²) in [7, 11) is 1.47. The highest BCUT2D eigenvalue weighted by Gasteiger charge is 2.48. The first-order valence-corrected chi connectivity index (χ1v) is 13.8. The van der Waals surface area contributed by atoms with Gasteiger partial charge in [-0.3, -0.25) is 4.79 Å². The normalized spacial score (nSPS) is 25.3. The summed E-state index contributed by atoms with van der Waals surface area (Å²) in [5.41, 5.74) is 0.336. The number of nitrogens with zero attached hydrogens (tertiary/aromatic N) is 5. The lowest BCUT2D eigenvalue weighted by atomic mass is 9.97. The molecular formula is C24H24BrClFN5O5S. The average molecular weight is 629 g/mol. The van der Waals surface area contributed by atoms with E-state index in [9.17, 15) is 19.4 Å². The lowest BCUT2D eigenvalue weighted by molar-refractivity contribution is -0.186. The highest BCUT2D eigenvalue weighted by Crippen LogP contribution is 2.41. The Balaban J connectivity index is 1.47. The van der Waals surface area contributed by atoms with Crippen LogP contribution in [0.1, 0.15) is 23.0 Å². The van der Waals surface area contributed by atoms with Crippen LogP contribution in [0, 0.1) is 5.82 Å². The van der Waals surface area contributed by atoms with Gasteiger partial charge in [-0.15, -0.1) is 5.10 Å². The molecule has 0 radical (unpaired) electrons. The molecule has 2 unspecified atom stereocenters. The predicted molar refractivity (Wildman–Crippen MR) is 140 cm³/mol. The minimum Gasteiger partial charge on any atom is -0.394 e. The lowest BCUT2D eigenvalue weighted by Crippen LogP contribution is -2.55. The van der Waals surface area contributed by atoms with E-state index in [0.717, 1.165) is 6.42 Å². The summed E-state index contributed by atoms with van der Waals surface area (Å²) in [6.07, 6.45) is 1.11. The minimum atomic E-state index is -1.21. The quantitative estimate of drug-likeness (QED) is 0.406. The number of aliphatic hydroxyl groups is 2. The summed E-state index contributed by atoms with van der Waals surface area (Å²) in [6, 6.07) is 5.23. The average Bonchev–Trinajstić information content (AvgIpc) is 3.35. The number of likely N-dealkylation sites (tertiary alicyclic amines) is 1. The fraction of sp³-hybridized carbons (Fsp3) is 0.417. The molecule has 0 spiro atoms. The zero-order valence-corrected chi connectivity index (χ0v) is 23.2. The molecule has 5 atom stereocenters. The molecule has 14 heteroatoms. The van der Waals surface area contributed by atoms with Gasteiger partial charge in [0, 0.05) is 41.3 Å². The molecule has 0 aliphatic carbocycles. The first kappa shape index (κ1) is 27.4. The molecule has 0 bridgehead atoms. The van der Waals surface area contributed by atoms with Gasteiger partial charge < -0.3 is 24.6 Å². The van der Waals surface area contributed by atoms with E-state index in [1.165, 1.54) is 35.7 Å². The van der Waals surface area contributed by atoms with E-state index in [4.69, 9.17) is 21.1 Å². The number of hydrogen-bond acceptors (Lipinski definition) is 9. The van der Waals surface area contributed by atoms with Gasteiger partial charge in [0.1, 0.15) is 47.0 Å². The summed E-state index contributed by atoms with van der Waals surface area (Å²) in [5.74, 6) is -0.773. The molecule has 5 rings (SSSR count). The molecule has 1 amide bonds. The van der Waals surface area contributed by atoms with E-state index in [-0.39, 0.29) is 16.6 Å². The Bertz CT molecular complexity index is 1330. The summed E-state index contributed by atoms with van der Waals surface area (Å²) < 4.78 is 28.0. The third-order valence-electron chi connectivity index (χ3n) is 6.54. The summed E-state index contributed by atoms with van der Waals surface area (Å²) in [6.45, 7) is 0.883. The highest BCUT2D eigenvalue weighted by molar-refractivity contribution is 9.10. The van der Waals surface area contributed by atoms with Crippen molar-refractivity contribution in [3.8, 4) is 11.3 Å². The topological polar surface area (TPSA) is 123 Å². The van der Waals surface area contributed by atoms with Crippen molar-refractivity contribution in [3.63, 3.8) is 0 Å². The van der Waals surface area contributed by atoms with Crippen molar-refractivity contribution < 1.29 is 28.9 Å². The van der Waals surface area contributed by atoms with Crippen molar-refractivity contribution in [2.24, 2.45) is 0 Å². The molecule has 2 fully saturated rings. The van der Waals surface area contributed by atoms with Crippen LogP contribution in [0.3, 0.4) is 0 Å². The van der Waals surface area contributed by atoms with Crippen molar-refractivity contribution in [1.82, 2.24) is 24.9 Å². The number of hydrogen-bond donors (Lipinski definition) is 2. The zero-order valence-electron chi connectivity index (χ0n) is 20.1. The van der Waals surface area contributed by atoms with Crippen molar-refractivity contribution in [1.29, 1.82) is 0 Å². The molecule has 10 nitrogen and oxygen atoms in total. The van der Waals surface area contributed by atoms with Gasteiger partial charge in [0.25, 0.3) is 5.91 Å². The number of carbonyl (C=O) groups is 1. The number of methoxy groups -OCH3 is 1. The maximum absolute atomic E-state index is 14.0. The molecule has 2 N–H and O–H groups in total. The fourth-order valence-electron chi connectivity index (χ4n) is 4.38. The SMILES string of the molecule is COC1[C@@H](Sc2cc(Br)cnc2C(=O)N2CCC2)OC(CO)[C@H](O)[C@@H]1n1cc(-c2ccc(Cl)c(F)c2)nn1. The number of rotatable bonds is 7. The van der Waals surface area contributed by atoms with Crippen LogP contribution in [0.25, 0.3) is 11.3 Å². The second kappa shape index (κ2) is 11.5. The maximum Gasteiger partial charge on any atom is 0.273 e. The summed E-state index contributed by atoms with van der Waals surface area (Å²) in [4.78, 5) is 19.7. The van der Waals surface area contributed by atoms with Gasteiger partial charge in [0.2, 0.25) is 0 Å². The van der Waals surface area contributed by atoms with Crippen LogP contribution in [0.2, 0.25) is 5.02 Å². The monoisotopic (exact) mass is 627 g/mol. The highest BCUT2D eigenvalue weighted by atomic mass is 79.9.